The molecule has 10 aromatic rings. The van der Waals surface area contributed by atoms with Gasteiger partial charge >= 0.3 is 0 Å². The molecule has 2 N–H and O–H groups in total. The first-order chi connectivity index (χ1) is 35.5. The van der Waals surface area contributed by atoms with E-state index in [1.807, 2.05) is 6.07 Å². The van der Waals surface area contributed by atoms with E-state index in [1.54, 1.807) is 14.2 Å². The second-order valence-corrected chi connectivity index (χ2v) is 18.8. The second kappa shape index (κ2) is 20.6. The van der Waals surface area contributed by atoms with E-state index in [-0.39, 0.29) is 7.43 Å². The zero-order chi connectivity index (χ0) is 49.1. The van der Waals surface area contributed by atoms with E-state index in [9.17, 15) is 0 Å². The first kappa shape index (κ1) is 48.0. The molecule has 0 radical (unpaired) electrons. The molecule has 0 amide bonds. The van der Waals surface area contributed by atoms with Crippen LogP contribution in [0.15, 0.2) is 265 Å². The van der Waals surface area contributed by atoms with Gasteiger partial charge in [0.25, 0.3) is 0 Å². The molecule has 12 rings (SSSR count). The van der Waals surface area contributed by atoms with Gasteiger partial charge in [-0.05, 0) is 84.4 Å². The zero-order valence-corrected chi connectivity index (χ0v) is 41.3. The van der Waals surface area contributed by atoms with Gasteiger partial charge in [0.2, 0.25) is 0 Å². The molecule has 2 aromatic heterocycles. The van der Waals surface area contributed by atoms with Crippen LogP contribution in [0.1, 0.15) is 67.8 Å². The highest BCUT2D eigenvalue weighted by Gasteiger charge is 2.47. The molecule has 0 aliphatic heterocycles. The fraction of sp³-hybridized carbons (Fsp3) is 0.130. The molecule has 0 fully saturated rings. The highest BCUT2D eigenvalue weighted by atomic mass is 16.5. The fourth-order valence-electron chi connectivity index (χ4n) is 11.8. The maximum absolute atomic E-state index is 6.05. The predicted octanol–water partition coefficient (Wildman–Crippen LogP) is 17.5. The average Bonchev–Trinajstić information content (AvgIpc) is 4.27. The Morgan fingerprint density at radius 3 is 1.30 bits per heavy atom. The van der Waals surface area contributed by atoms with Crippen molar-refractivity contribution in [2.45, 2.75) is 44.9 Å². The number of hydrogen-bond acceptors (Lipinski definition) is 2. The van der Waals surface area contributed by atoms with E-state index < -0.39 is 10.8 Å². The minimum atomic E-state index is -0.578. The standard InChI is InChI=1S/2C34H29NO.CH4/c1-24-14-13-21-28(24)34(26-17-7-4-8-18-26,29-20-10-12-23-31(29)36-2)33-32(25-15-5-3-6-16-25)27-19-9-11-22-30(27)35-33;1-24-21-22-27(23-24)34(26-15-7-4-8-16-26,29-18-10-12-20-31(29)36-2)33-32(25-13-5-3-6-14-25)28-17-9-11-19-30(28)35-33;/h3-20,22-23,35H,21H2,1-2H3;3-21,23,35H,22H2,1-2H3;1H4/t2*34-;/m11./s1. The van der Waals surface area contributed by atoms with E-state index in [0.29, 0.717) is 0 Å². The number of rotatable bonds is 12. The first-order valence-electron chi connectivity index (χ1n) is 24.9. The van der Waals surface area contributed by atoms with Crippen LogP contribution < -0.4 is 9.47 Å². The quantitative estimate of drug-likeness (QED) is 0.128. The topological polar surface area (TPSA) is 50.0 Å². The maximum atomic E-state index is 6.05. The van der Waals surface area contributed by atoms with Crippen LogP contribution in [0.3, 0.4) is 0 Å². The summed E-state index contributed by atoms with van der Waals surface area (Å²) in [5, 5.41) is 2.44. The predicted molar refractivity (Wildman–Crippen MR) is 306 cm³/mol. The molecular formula is C69H62N2O2. The summed E-state index contributed by atoms with van der Waals surface area (Å²) in [6, 6.07) is 77.5. The van der Waals surface area contributed by atoms with Crippen molar-refractivity contribution in [2.24, 2.45) is 0 Å². The Kier molecular flexibility index (Phi) is 13.6. The summed E-state index contributed by atoms with van der Waals surface area (Å²) in [7, 11) is 3.54. The van der Waals surface area contributed by atoms with Crippen LogP contribution in [0.5, 0.6) is 11.5 Å². The van der Waals surface area contributed by atoms with Crippen molar-refractivity contribution in [3.05, 3.63) is 299 Å². The van der Waals surface area contributed by atoms with Crippen LogP contribution in [0.25, 0.3) is 44.1 Å². The van der Waals surface area contributed by atoms with Crippen molar-refractivity contribution >= 4 is 21.8 Å². The number of nitrogens with one attached hydrogen (secondary N) is 2. The molecule has 360 valence electrons. The third-order valence-electron chi connectivity index (χ3n) is 14.9. The van der Waals surface area contributed by atoms with Gasteiger partial charge in [0.15, 0.2) is 0 Å². The van der Waals surface area contributed by atoms with Gasteiger partial charge in [-0.2, -0.15) is 0 Å². The van der Waals surface area contributed by atoms with Crippen molar-refractivity contribution in [1.29, 1.82) is 0 Å². The van der Waals surface area contributed by atoms with Gasteiger partial charge in [0.05, 0.1) is 25.0 Å². The number of methoxy groups -OCH3 is 2. The molecule has 0 unspecified atom stereocenters. The van der Waals surface area contributed by atoms with Crippen LogP contribution in [0, 0.1) is 0 Å². The number of hydrogen-bond donors (Lipinski definition) is 2. The summed E-state index contributed by atoms with van der Waals surface area (Å²) in [5.41, 5.74) is 18.3. The van der Waals surface area contributed by atoms with Crippen molar-refractivity contribution in [1.82, 2.24) is 9.97 Å². The summed E-state index contributed by atoms with van der Waals surface area (Å²) in [6.07, 6.45) is 11.0. The van der Waals surface area contributed by atoms with Gasteiger partial charge in [0, 0.05) is 55.4 Å². The van der Waals surface area contributed by atoms with Crippen molar-refractivity contribution in [2.75, 3.05) is 14.2 Å². The summed E-state index contributed by atoms with van der Waals surface area (Å²) in [6.45, 7) is 4.42. The summed E-state index contributed by atoms with van der Waals surface area (Å²) < 4.78 is 12.1. The molecule has 0 saturated carbocycles. The zero-order valence-electron chi connectivity index (χ0n) is 41.3. The minimum absolute atomic E-state index is 0. The van der Waals surface area contributed by atoms with Gasteiger partial charge in [-0.1, -0.05) is 237 Å². The molecule has 2 heterocycles. The number of fused-ring (bicyclic) bond motifs is 2. The van der Waals surface area contributed by atoms with Gasteiger partial charge in [-0.25, -0.2) is 0 Å². The molecule has 73 heavy (non-hydrogen) atoms. The lowest BCUT2D eigenvalue weighted by Gasteiger charge is -2.39. The van der Waals surface area contributed by atoms with Crippen molar-refractivity contribution in [3.8, 4) is 33.8 Å². The van der Waals surface area contributed by atoms with E-state index in [0.717, 1.165) is 46.5 Å². The number of ether oxygens (including phenoxy) is 2. The van der Waals surface area contributed by atoms with Crippen molar-refractivity contribution in [3.63, 3.8) is 0 Å². The van der Waals surface area contributed by atoms with Gasteiger partial charge in [-0.15, -0.1) is 0 Å². The monoisotopic (exact) mass is 950 g/mol. The average molecular weight is 951 g/mol. The highest BCUT2D eigenvalue weighted by molar-refractivity contribution is 6.00. The summed E-state index contributed by atoms with van der Waals surface area (Å²) in [4.78, 5) is 7.86. The molecular weight excluding hydrogens is 889 g/mol. The van der Waals surface area contributed by atoms with Gasteiger partial charge in [0.1, 0.15) is 11.5 Å². The molecule has 0 spiro atoms. The Hall–Kier alpha value is -8.60. The molecule has 4 heteroatoms. The third kappa shape index (κ3) is 8.23. The number of allylic oxidation sites excluding steroid dienone is 8. The largest absolute Gasteiger partial charge is 0.496 e. The van der Waals surface area contributed by atoms with Gasteiger partial charge < -0.3 is 19.4 Å². The van der Waals surface area contributed by atoms with Crippen LogP contribution in [0.2, 0.25) is 0 Å². The molecule has 2 aliphatic rings. The smallest absolute Gasteiger partial charge is 0.123 e. The highest BCUT2D eigenvalue weighted by Crippen LogP contribution is 2.56. The lowest BCUT2D eigenvalue weighted by Crippen LogP contribution is -2.33. The molecule has 2 aliphatic carbocycles. The minimum Gasteiger partial charge on any atom is -0.496 e. The normalized spacial score (nSPS) is 14.6. The van der Waals surface area contributed by atoms with Crippen LogP contribution in [0.4, 0.5) is 0 Å². The Morgan fingerprint density at radius 1 is 0.438 bits per heavy atom. The number of H-pyrrole nitrogens is 2. The third-order valence-corrected chi connectivity index (χ3v) is 14.9. The van der Waals surface area contributed by atoms with Crippen molar-refractivity contribution < 1.29 is 9.47 Å². The Labute approximate surface area is 430 Å². The lowest BCUT2D eigenvalue weighted by molar-refractivity contribution is 0.404. The lowest BCUT2D eigenvalue weighted by atomic mass is 9.64. The number of aromatic amines is 2. The van der Waals surface area contributed by atoms with E-state index in [4.69, 9.17) is 9.47 Å². The van der Waals surface area contributed by atoms with Crippen LogP contribution in [-0.4, -0.2) is 24.2 Å². The Bertz CT molecular complexity index is 3670. The fourth-order valence-corrected chi connectivity index (χ4v) is 11.8. The Morgan fingerprint density at radius 2 is 0.849 bits per heavy atom. The molecule has 2 atom stereocenters. The number of para-hydroxylation sites is 4. The summed E-state index contributed by atoms with van der Waals surface area (Å²) in [5.74, 6) is 1.76. The van der Waals surface area contributed by atoms with Gasteiger partial charge in [-0.3, -0.25) is 0 Å². The first-order valence-corrected chi connectivity index (χ1v) is 24.9. The van der Waals surface area contributed by atoms with E-state index in [2.05, 4.69) is 260 Å². The molecule has 4 nitrogen and oxygen atoms in total. The summed E-state index contributed by atoms with van der Waals surface area (Å²) >= 11 is 0. The van der Waals surface area contributed by atoms with E-state index in [1.165, 1.54) is 77.8 Å². The molecule has 8 aromatic carbocycles. The second-order valence-electron chi connectivity index (χ2n) is 18.8. The molecule has 0 bridgehead atoms. The van der Waals surface area contributed by atoms with Crippen LogP contribution in [-0.2, 0) is 10.8 Å². The van der Waals surface area contributed by atoms with Crippen LogP contribution >= 0.6 is 0 Å². The maximum Gasteiger partial charge on any atom is 0.123 e. The number of aromatic nitrogens is 2. The van der Waals surface area contributed by atoms with E-state index >= 15 is 0 Å². The number of benzene rings is 8. The SMILES string of the molecule is C.COc1ccccc1[C@](C1=C(C)C=CC1)(c1ccccc1)c1[nH]c2ccccc2c1-c1ccccc1.COc1ccccc1[C@](C1=CC(C)=CC1)(c1ccccc1)c1[nH]c2ccccc2c1-c1ccccc1. The molecule has 0 saturated heterocycles. The Balaban J connectivity index is 0.000000165.